The highest BCUT2D eigenvalue weighted by atomic mass is 19.4. The zero-order valence-electron chi connectivity index (χ0n) is 9.54. The molecule has 3 nitrogen and oxygen atoms in total. The lowest BCUT2D eigenvalue weighted by atomic mass is 10.0. The lowest BCUT2D eigenvalue weighted by Gasteiger charge is -2.15. The van der Waals surface area contributed by atoms with Gasteiger partial charge in [0.1, 0.15) is 5.75 Å². The molecule has 0 N–H and O–H groups in total. The third kappa shape index (κ3) is 2.11. The molecule has 0 bridgehead atoms. The summed E-state index contributed by atoms with van der Waals surface area (Å²) in [6.07, 6.45) is -1.73. The van der Waals surface area contributed by atoms with Gasteiger partial charge in [-0.3, -0.25) is 0 Å². The van der Waals surface area contributed by atoms with Crippen molar-refractivity contribution in [2.24, 2.45) is 4.99 Å². The number of nitrogens with zero attached hydrogens (tertiary/aromatic N) is 1. The Morgan fingerprint density at radius 1 is 1.39 bits per heavy atom. The van der Waals surface area contributed by atoms with Crippen LogP contribution in [0.25, 0.3) is 0 Å². The number of halogens is 3. The molecule has 0 spiro atoms. The molecule has 0 amide bonds. The first kappa shape index (κ1) is 12.6. The number of rotatable bonds is 3. The first-order valence-electron chi connectivity index (χ1n) is 5.28. The largest absolute Gasteiger partial charge is 0.496 e. The van der Waals surface area contributed by atoms with E-state index in [1.165, 1.54) is 25.3 Å². The average molecular weight is 257 g/mol. The van der Waals surface area contributed by atoms with Gasteiger partial charge in [0.15, 0.2) is 0 Å². The van der Waals surface area contributed by atoms with Gasteiger partial charge in [-0.25, -0.2) is 4.79 Å². The molecular formula is C12H10F3NO2. The highest BCUT2D eigenvalue weighted by Gasteiger charge is 2.46. The Kier molecular flexibility index (Phi) is 2.91. The minimum Gasteiger partial charge on any atom is -0.496 e. The zero-order valence-corrected chi connectivity index (χ0v) is 9.54. The quantitative estimate of drug-likeness (QED) is 0.616. The van der Waals surface area contributed by atoms with E-state index >= 15 is 0 Å². The van der Waals surface area contributed by atoms with Gasteiger partial charge >= 0.3 is 6.18 Å². The Balaban J connectivity index is 2.46. The van der Waals surface area contributed by atoms with Gasteiger partial charge < -0.3 is 4.74 Å². The van der Waals surface area contributed by atoms with Crippen LogP contribution in [0.2, 0.25) is 0 Å². The van der Waals surface area contributed by atoms with Crippen molar-refractivity contribution in [1.82, 2.24) is 0 Å². The van der Waals surface area contributed by atoms with Gasteiger partial charge in [-0.15, -0.1) is 0 Å². The molecule has 0 saturated heterocycles. The van der Waals surface area contributed by atoms with Gasteiger partial charge in [0.2, 0.25) is 6.08 Å². The van der Waals surface area contributed by atoms with Gasteiger partial charge in [0.25, 0.3) is 0 Å². The number of hydrogen-bond donors (Lipinski definition) is 0. The van der Waals surface area contributed by atoms with Crippen LogP contribution in [0.1, 0.15) is 24.0 Å². The third-order valence-electron chi connectivity index (χ3n) is 3.03. The maximum Gasteiger partial charge on any atom is 0.419 e. The van der Waals surface area contributed by atoms with E-state index in [1.807, 2.05) is 0 Å². The van der Waals surface area contributed by atoms with Crippen LogP contribution in [0.3, 0.4) is 0 Å². The highest BCUT2D eigenvalue weighted by molar-refractivity contribution is 5.46. The van der Waals surface area contributed by atoms with Gasteiger partial charge in [-0.1, -0.05) is 6.07 Å². The molecule has 0 aliphatic heterocycles. The molecular weight excluding hydrogens is 247 g/mol. The van der Waals surface area contributed by atoms with Crippen LogP contribution in [-0.4, -0.2) is 13.2 Å². The number of alkyl halides is 3. The van der Waals surface area contributed by atoms with Crippen LogP contribution in [0.4, 0.5) is 13.2 Å². The van der Waals surface area contributed by atoms with Gasteiger partial charge in [0.05, 0.1) is 18.2 Å². The van der Waals surface area contributed by atoms with E-state index in [0.29, 0.717) is 18.4 Å². The lowest BCUT2D eigenvalue weighted by molar-refractivity contribution is -0.138. The second-order valence-corrected chi connectivity index (χ2v) is 4.15. The molecule has 18 heavy (non-hydrogen) atoms. The molecule has 1 aliphatic carbocycles. The first-order valence-corrected chi connectivity index (χ1v) is 5.28. The normalized spacial score (nSPS) is 16.9. The van der Waals surface area contributed by atoms with E-state index in [9.17, 15) is 18.0 Å². The van der Waals surface area contributed by atoms with Crippen LogP contribution in [-0.2, 0) is 16.5 Å². The molecule has 0 aromatic heterocycles. The maximum absolute atomic E-state index is 12.7. The van der Waals surface area contributed by atoms with Crippen LogP contribution >= 0.6 is 0 Å². The molecule has 0 radical (unpaired) electrons. The van der Waals surface area contributed by atoms with E-state index in [-0.39, 0.29) is 5.75 Å². The fourth-order valence-electron chi connectivity index (χ4n) is 1.89. The summed E-state index contributed by atoms with van der Waals surface area (Å²) < 4.78 is 42.7. The molecule has 0 unspecified atom stereocenters. The van der Waals surface area contributed by atoms with Crippen molar-refractivity contribution < 1.29 is 22.7 Å². The van der Waals surface area contributed by atoms with Crippen molar-refractivity contribution in [2.75, 3.05) is 7.11 Å². The fraction of sp³-hybridized carbons (Fsp3) is 0.417. The summed E-state index contributed by atoms with van der Waals surface area (Å²) >= 11 is 0. The summed E-state index contributed by atoms with van der Waals surface area (Å²) in [7, 11) is 1.18. The minimum atomic E-state index is -4.46. The molecule has 1 aliphatic rings. The Morgan fingerprint density at radius 2 is 2.06 bits per heavy atom. The summed E-state index contributed by atoms with van der Waals surface area (Å²) in [4.78, 5) is 14.0. The molecule has 1 aromatic rings. The molecule has 1 aromatic carbocycles. The predicted molar refractivity (Wildman–Crippen MR) is 57.0 cm³/mol. The van der Waals surface area contributed by atoms with Crippen LogP contribution in [0.15, 0.2) is 23.2 Å². The molecule has 6 heteroatoms. The third-order valence-corrected chi connectivity index (χ3v) is 3.03. The van der Waals surface area contributed by atoms with Gasteiger partial charge in [-0.05, 0) is 30.5 Å². The number of aliphatic imine (C=N–C) groups is 1. The summed E-state index contributed by atoms with van der Waals surface area (Å²) in [5, 5.41) is 0. The molecule has 1 fully saturated rings. The van der Waals surface area contributed by atoms with Gasteiger partial charge in [0, 0.05) is 0 Å². The van der Waals surface area contributed by atoms with Crippen molar-refractivity contribution in [3.63, 3.8) is 0 Å². The highest BCUT2D eigenvalue weighted by Crippen LogP contribution is 2.50. The summed E-state index contributed by atoms with van der Waals surface area (Å²) in [6, 6.07) is 3.57. The van der Waals surface area contributed by atoms with E-state index in [2.05, 4.69) is 4.99 Å². The molecule has 0 atom stereocenters. The molecule has 2 rings (SSSR count). The molecule has 0 heterocycles. The SMILES string of the molecule is COc1cc(C2(N=C=O)CC2)ccc1C(F)(F)F. The number of methoxy groups -OCH3 is 1. The average Bonchev–Trinajstić information content (AvgIpc) is 3.08. The number of benzene rings is 1. The number of hydrogen-bond acceptors (Lipinski definition) is 3. The Morgan fingerprint density at radius 3 is 2.50 bits per heavy atom. The summed E-state index contributed by atoms with van der Waals surface area (Å²) in [5.41, 5.74) is -0.977. The van der Waals surface area contributed by atoms with E-state index in [4.69, 9.17) is 4.74 Å². The topological polar surface area (TPSA) is 38.7 Å². The summed E-state index contributed by atoms with van der Waals surface area (Å²) in [6.45, 7) is 0. The lowest BCUT2D eigenvalue weighted by Crippen LogP contribution is -2.10. The number of ether oxygens (including phenoxy) is 1. The van der Waals surface area contributed by atoms with Crippen molar-refractivity contribution in [3.8, 4) is 5.75 Å². The molecule has 96 valence electrons. The Bertz CT molecular complexity index is 515. The monoisotopic (exact) mass is 257 g/mol. The fourth-order valence-corrected chi connectivity index (χ4v) is 1.89. The standard InChI is InChI=1S/C12H10F3NO2/c1-18-10-6-8(11(4-5-11)16-7-17)2-3-9(10)12(13,14)15/h2-3,6H,4-5H2,1H3. The van der Waals surface area contributed by atoms with Crippen LogP contribution in [0.5, 0.6) is 5.75 Å². The maximum atomic E-state index is 12.7. The van der Waals surface area contributed by atoms with E-state index < -0.39 is 17.3 Å². The first-order chi connectivity index (χ1) is 8.43. The van der Waals surface area contributed by atoms with E-state index in [1.54, 1.807) is 0 Å². The van der Waals surface area contributed by atoms with Crippen molar-refractivity contribution in [3.05, 3.63) is 29.3 Å². The van der Waals surface area contributed by atoms with E-state index in [0.717, 1.165) is 6.07 Å². The van der Waals surface area contributed by atoms with Gasteiger partial charge in [-0.2, -0.15) is 18.2 Å². The molecule has 1 saturated carbocycles. The minimum absolute atomic E-state index is 0.257. The number of isocyanates is 1. The predicted octanol–water partition coefficient (Wildman–Crippen LogP) is 3.04. The second kappa shape index (κ2) is 4.14. The van der Waals surface area contributed by atoms with Crippen molar-refractivity contribution in [1.29, 1.82) is 0 Å². The Hall–Kier alpha value is -1.81. The summed E-state index contributed by atoms with van der Waals surface area (Å²) in [5.74, 6) is -0.257. The Labute approximate surface area is 101 Å². The number of carbonyl (C=O) groups excluding carboxylic acids is 1. The smallest absolute Gasteiger partial charge is 0.419 e. The van der Waals surface area contributed by atoms with Crippen molar-refractivity contribution in [2.45, 2.75) is 24.6 Å². The zero-order chi connectivity index (χ0) is 13.4. The van der Waals surface area contributed by atoms with Crippen LogP contribution < -0.4 is 4.74 Å². The van der Waals surface area contributed by atoms with Crippen molar-refractivity contribution >= 4 is 6.08 Å². The van der Waals surface area contributed by atoms with Crippen LogP contribution in [0, 0.1) is 0 Å². The second-order valence-electron chi connectivity index (χ2n) is 4.15.